The van der Waals surface area contributed by atoms with Crippen molar-refractivity contribution in [3.8, 4) is 34.6 Å². The van der Waals surface area contributed by atoms with Crippen LogP contribution < -0.4 is 55.0 Å². The minimum atomic E-state index is -0.693. The fraction of sp³-hybridized carbons (Fsp3) is 0.261. The lowest BCUT2D eigenvalue weighted by Gasteiger charge is -2.28. The zero-order chi connectivity index (χ0) is 80.2. The molecule has 0 bridgehead atoms. The first-order valence-electron chi connectivity index (χ1n) is 37.5. The molecule has 0 saturated heterocycles. The number of aromatic amines is 4. The zero-order valence-corrected chi connectivity index (χ0v) is 65.0. The molecule has 8 heterocycles. The number of hydrogen-bond acceptors (Lipinski definition) is 16. The molecule has 16 rings (SSSR count). The van der Waals surface area contributed by atoms with Gasteiger partial charge in [0, 0.05) is 26.2 Å². The molecular formula is C88H86F2N16O7. The first-order valence-corrected chi connectivity index (χ1v) is 37.5. The van der Waals surface area contributed by atoms with Crippen LogP contribution in [-0.2, 0) is 45.3 Å². The van der Waals surface area contributed by atoms with Gasteiger partial charge in [0.15, 0.2) is 45.7 Å². The molecule has 113 heavy (non-hydrogen) atoms. The molecule has 0 unspecified atom stereocenters. The van der Waals surface area contributed by atoms with E-state index in [4.69, 9.17) is 0 Å². The summed E-state index contributed by atoms with van der Waals surface area (Å²) in [6, 6.07) is 44.7. The van der Waals surface area contributed by atoms with Crippen LogP contribution in [-0.4, -0.2) is 75.1 Å². The van der Waals surface area contributed by atoms with Crippen LogP contribution in [0.1, 0.15) is 109 Å². The second kappa shape index (κ2) is 33.2. The molecule has 0 fully saturated rings. The Morgan fingerprint density at radius 3 is 1.22 bits per heavy atom. The molecular weight excluding hydrogens is 1430 g/mol. The Morgan fingerprint density at radius 2 is 0.779 bits per heavy atom. The maximum absolute atomic E-state index is 13.9. The third-order valence-corrected chi connectivity index (χ3v) is 20.6. The largest absolute Gasteiger partial charge is 0.349 e. The average Bonchev–Trinajstić information content (AvgIpc) is 0.773. The number of halogens is 2. The predicted molar refractivity (Wildman–Crippen MR) is 438 cm³/mol. The highest BCUT2D eigenvalue weighted by molar-refractivity contribution is 5.83. The number of hydrogen-bond donors (Lipinski definition) is 4. The summed E-state index contributed by atoms with van der Waals surface area (Å²) >= 11 is 0. The van der Waals surface area contributed by atoms with Gasteiger partial charge in [-0.05, 0) is 267 Å². The minimum Gasteiger partial charge on any atom is -0.322 e. The number of aromatic nitrogens is 14. The van der Waals surface area contributed by atoms with Gasteiger partial charge >= 0.3 is 17.1 Å². The second-order valence-corrected chi connectivity index (χ2v) is 29.2. The zero-order valence-electron chi connectivity index (χ0n) is 65.0. The van der Waals surface area contributed by atoms with E-state index in [2.05, 4.69) is 147 Å². The summed E-state index contributed by atoms with van der Waals surface area (Å²) in [4.78, 5) is 131. The van der Waals surface area contributed by atoms with Crippen LogP contribution in [0.3, 0.4) is 0 Å². The molecule has 0 radical (unpaired) electrons. The molecule has 8 aromatic carbocycles. The van der Waals surface area contributed by atoms with Crippen molar-refractivity contribution in [2.45, 2.75) is 147 Å². The van der Waals surface area contributed by atoms with E-state index in [9.17, 15) is 42.3 Å². The van der Waals surface area contributed by atoms with Crippen molar-refractivity contribution in [2.75, 3.05) is 11.4 Å². The van der Waals surface area contributed by atoms with Gasteiger partial charge in [0.05, 0.1) is 44.5 Å². The van der Waals surface area contributed by atoms with Crippen molar-refractivity contribution in [3.63, 3.8) is 0 Å². The van der Waals surface area contributed by atoms with Crippen molar-refractivity contribution in [1.82, 2.24) is 68.5 Å². The van der Waals surface area contributed by atoms with Gasteiger partial charge in [-0.25, -0.2) is 48.1 Å². The Balaban J connectivity index is 0.000000132. The Bertz CT molecular complexity index is 6480. The molecule has 0 amide bonds. The number of rotatable bonds is 16. The number of anilines is 2. The van der Waals surface area contributed by atoms with Gasteiger partial charge in [0.1, 0.15) is 17.1 Å². The van der Waals surface area contributed by atoms with Gasteiger partial charge in [-0.3, -0.25) is 34.1 Å². The number of nitrogens with zero attached hydrogens (tertiary/aromatic N) is 12. The van der Waals surface area contributed by atoms with Crippen molar-refractivity contribution in [2.24, 2.45) is 4.99 Å². The fourth-order valence-corrected chi connectivity index (χ4v) is 14.3. The van der Waals surface area contributed by atoms with Crippen molar-refractivity contribution in [1.29, 1.82) is 0 Å². The molecule has 0 spiro atoms. The van der Waals surface area contributed by atoms with E-state index >= 15 is 0 Å². The van der Waals surface area contributed by atoms with Crippen LogP contribution in [0.15, 0.2) is 178 Å². The lowest BCUT2D eigenvalue weighted by atomic mass is 10.0. The third kappa shape index (κ3) is 17.5. The molecule has 25 heteroatoms. The highest BCUT2D eigenvalue weighted by Gasteiger charge is 2.26. The maximum Gasteiger partial charge on any atom is 0.349 e. The summed E-state index contributed by atoms with van der Waals surface area (Å²) in [5.41, 5.74) is 19.7. The van der Waals surface area contributed by atoms with Crippen molar-refractivity contribution >= 4 is 56.9 Å². The van der Waals surface area contributed by atoms with Crippen LogP contribution in [0.2, 0.25) is 0 Å². The van der Waals surface area contributed by atoms with Gasteiger partial charge in [0.2, 0.25) is 0 Å². The van der Waals surface area contributed by atoms with E-state index < -0.39 is 33.7 Å². The lowest BCUT2D eigenvalue weighted by molar-refractivity contribution is 0.604. The van der Waals surface area contributed by atoms with Crippen LogP contribution in [0.25, 0.3) is 74.2 Å². The smallest absolute Gasteiger partial charge is 0.322 e. The summed E-state index contributed by atoms with van der Waals surface area (Å²) in [5.74, 6) is 1.01. The monoisotopic (exact) mass is 1520 g/mol. The first kappa shape index (κ1) is 77.9. The van der Waals surface area contributed by atoms with Crippen LogP contribution >= 0.6 is 0 Å². The van der Waals surface area contributed by atoms with E-state index in [1.54, 1.807) is 12.1 Å². The van der Waals surface area contributed by atoms with Gasteiger partial charge in [0.25, 0.3) is 22.2 Å². The standard InChI is InChI=1S/C22H21FN4O2.C22H21FN4O.2C22H22N4O2/c1-12-7-15(11-16(23)8-12)5-4-6-27-18-10-14(3)13(2)9-17(18)24-19-20(27)25-22(29)26-21(19)28;1-13-11-18-19(12-14(13)2)27(10-6-8-16-7-4-5-9-17(16)23)21-20(26-18)22(28)25-15(3)24-21;2*1-13-6-4-7-16(10-13)8-5-9-26-18-12-15(3)14(2)11-17(18)23-19-20(26)24-22(28)25-21(19)27/h7-11H,4-6H2,1-3H3,(H,26,28,29);4-5,7,9,11-12H,3,6,8,10H2,1-2H3,(H,25,28);2*4,6-7,10-12H,5,8-9H2,1-3H3,(H,25,27,28). The summed E-state index contributed by atoms with van der Waals surface area (Å²) in [7, 11) is 0. The molecule has 4 N–H and O–H groups in total. The first-order chi connectivity index (χ1) is 54.1. The molecule has 1 aromatic heterocycles. The number of H-pyrrole nitrogens is 4. The molecule has 0 atom stereocenters. The molecule has 0 saturated carbocycles. The minimum absolute atomic E-state index is 0.141. The van der Waals surface area contributed by atoms with Crippen LogP contribution in [0.4, 0.5) is 26.0 Å². The Morgan fingerprint density at radius 1 is 0.372 bits per heavy atom. The van der Waals surface area contributed by atoms with Gasteiger partial charge in [-0.15, -0.1) is 0 Å². The summed E-state index contributed by atoms with van der Waals surface area (Å²) in [5, 5.41) is 0.286. The topological polar surface area (TPSA) is 303 Å². The van der Waals surface area contributed by atoms with Gasteiger partial charge < -0.3 is 23.6 Å². The van der Waals surface area contributed by atoms with Gasteiger partial charge in [-0.2, -0.15) is 15.0 Å². The van der Waals surface area contributed by atoms with Crippen LogP contribution in [0, 0.1) is 87.8 Å². The number of nitrogens with one attached hydrogen (secondary N) is 4. The summed E-state index contributed by atoms with van der Waals surface area (Å²) in [6.45, 7) is 28.4. The van der Waals surface area contributed by atoms with E-state index in [0.29, 0.717) is 85.9 Å². The highest BCUT2D eigenvalue weighted by Crippen LogP contribution is 2.37. The highest BCUT2D eigenvalue weighted by atomic mass is 19.1. The number of fused-ring (bicyclic) bond motifs is 8. The Labute approximate surface area is 647 Å². The SMILES string of the molecule is C=c1nc2c(c(=O)[nH]1)=Nc1cc(C)c(C)cc1N2CCCc1ccccc1F.Cc1cc(F)cc(CCCn2c3nc(=O)[nH]c(=O)c-3nc3cc(C)c(C)cc32)c1.Cc1cccc(CCCn2c3nc(=O)[nH]c(=O)c-3nc3cc(C)c(C)cc32)c1.Cc1cccc(CCCn2c3nc(=O)[nH]c(=O)c-3nc3cc(C)c(C)cc32)c1. The second-order valence-electron chi connectivity index (χ2n) is 29.2. The number of aryl methyl sites for hydroxylation is 18. The van der Waals surface area contributed by atoms with Crippen molar-refractivity contribution in [3.05, 3.63) is 318 Å². The van der Waals surface area contributed by atoms with Gasteiger partial charge in [-0.1, -0.05) is 90.5 Å². The van der Waals surface area contributed by atoms with Crippen LogP contribution in [0.5, 0.6) is 0 Å². The van der Waals surface area contributed by atoms with Crippen molar-refractivity contribution < 1.29 is 8.78 Å². The van der Waals surface area contributed by atoms with E-state index in [-0.39, 0.29) is 45.5 Å². The number of benzene rings is 8. The Hall–Kier alpha value is -13.2. The fourth-order valence-electron chi connectivity index (χ4n) is 14.3. The average molecular weight is 1520 g/mol. The van der Waals surface area contributed by atoms with E-state index in [0.717, 1.165) is 120 Å². The van der Waals surface area contributed by atoms with E-state index in [1.165, 1.54) is 40.5 Å². The molecule has 574 valence electrons. The summed E-state index contributed by atoms with van der Waals surface area (Å²) in [6.07, 6.45) is 6.17. The molecule has 7 aliphatic heterocycles. The molecule has 7 aliphatic rings. The third-order valence-electron chi connectivity index (χ3n) is 20.6. The van der Waals surface area contributed by atoms with E-state index in [1.807, 2.05) is 123 Å². The maximum atomic E-state index is 13.9. The Kier molecular flexibility index (Phi) is 22.9. The molecule has 23 nitrogen and oxygen atoms in total. The lowest BCUT2D eigenvalue weighted by Crippen LogP contribution is -2.42. The predicted octanol–water partition coefficient (Wildman–Crippen LogP) is 12.5. The molecule has 9 aromatic rings. The normalized spacial score (nSPS) is 11.6. The molecule has 0 aliphatic carbocycles. The quantitative estimate of drug-likeness (QED) is 0.0654. The summed E-state index contributed by atoms with van der Waals surface area (Å²) < 4.78 is 33.4.